The molecule has 3 heteroatoms. The normalized spacial score (nSPS) is 16.8. The number of nitrogens with zero attached hydrogens (tertiary/aromatic N) is 1. The van der Waals surface area contributed by atoms with Gasteiger partial charge in [-0.2, -0.15) is 0 Å². The van der Waals surface area contributed by atoms with Crippen LogP contribution in [0, 0.1) is 17.8 Å². The number of rotatable bonds is 11. The molecule has 0 aliphatic heterocycles. The lowest BCUT2D eigenvalue weighted by atomic mass is 9.70. The second-order valence-corrected chi connectivity index (χ2v) is 8.37. The third-order valence-electron chi connectivity index (χ3n) is 6.11. The Morgan fingerprint density at radius 3 is 2.45 bits per heavy atom. The van der Waals surface area contributed by atoms with Crippen LogP contribution in [0.1, 0.15) is 83.6 Å². The number of carbonyl (C=O) groups is 1. The van der Waals surface area contributed by atoms with E-state index in [-0.39, 0.29) is 11.7 Å². The SMILES string of the molecule is CCCCN(CC#CCCC(=O)C(O)(c1ccccc1)C1CCCCC1)CCC. The first-order chi connectivity index (χ1) is 14.1. The summed E-state index contributed by atoms with van der Waals surface area (Å²) in [6.07, 6.45) is 9.61. The molecular formula is C26H39NO2. The summed E-state index contributed by atoms with van der Waals surface area (Å²) in [5, 5.41) is 11.6. The highest BCUT2D eigenvalue weighted by Gasteiger charge is 2.44. The minimum absolute atomic E-state index is 0.0215. The minimum atomic E-state index is -1.36. The summed E-state index contributed by atoms with van der Waals surface area (Å²) in [5.74, 6) is 6.39. The van der Waals surface area contributed by atoms with Gasteiger partial charge >= 0.3 is 0 Å². The number of hydrogen-bond acceptors (Lipinski definition) is 3. The maximum atomic E-state index is 13.2. The van der Waals surface area contributed by atoms with E-state index in [0.717, 1.165) is 57.3 Å². The van der Waals surface area contributed by atoms with Gasteiger partial charge in [0.2, 0.25) is 0 Å². The average molecular weight is 398 g/mol. The fourth-order valence-electron chi connectivity index (χ4n) is 4.43. The summed E-state index contributed by atoms with van der Waals surface area (Å²) in [6, 6.07) is 9.55. The van der Waals surface area contributed by atoms with Crippen molar-refractivity contribution in [3.63, 3.8) is 0 Å². The number of Topliss-reactive ketones (excluding diaryl/α,β-unsaturated/α-hetero) is 1. The zero-order valence-electron chi connectivity index (χ0n) is 18.5. The Bertz CT molecular complexity index is 654. The summed E-state index contributed by atoms with van der Waals surface area (Å²) < 4.78 is 0. The first-order valence-electron chi connectivity index (χ1n) is 11.6. The number of carbonyl (C=O) groups excluding carboxylic acids is 1. The third kappa shape index (κ3) is 6.98. The number of aliphatic hydroxyl groups is 1. The average Bonchev–Trinajstić information content (AvgIpc) is 2.77. The van der Waals surface area contributed by atoms with Crippen LogP contribution in [0.2, 0.25) is 0 Å². The van der Waals surface area contributed by atoms with Crippen LogP contribution < -0.4 is 0 Å². The molecule has 2 rings (SSSR count). The molecule has 0 saturated heterocycles. The van der Waals surface area contributed by atoms with Crippen LogP contribution in [-0.2, 0) is 10.4 Å². The lowest BCUT2D eigenvalue weighted by Gasteiger charge is -2.37. The monoisotopic (exact) mass is 397 g/mol. The number of unbranched alkanes of at least 4 members (excludes halogenated alkanes) is 1. The molecule has 29 heavy (non-hydrogen) atoms. The van der Waals surface area contributed by atoms with Crippen LogP contribution in [0.4, 0.5) is 0 Å². The van der Waals surface area contributed by atoms with E-state index in [1.54, 1.807) is 0 Å². The maximum Gasteiger partial charge on any atom is 0.170 e. The van der Waals surface area contributed by atoms with Gasteiger partial charge < -0.3 is 5.11 Å². The number of hydrogen-bond donors (Lipinski definition) is 1. The summed E-state index contributed by atoms with van der Waals surface area (Å²) in [4.78, 5) is 15.6. The van der Waals surface area contributed by atoms with Crippen LogP contribution in [0.5, 0.6) is 0 Å². The smallest absolute Gasteiger partial charge is 0.170 e. The highest BCUT2D eigenvalue weighted by atomic mass is 16.3. The van der Waals surface area contributed by atoms with Crippen molar-refractivity contribution in [3.8, 4) is 11.8 Å². The Morgan fingerprint density at radius 1 is 1.07 bits per heavy atom. The fourth-order valence-corrected chi connectivity index (χ4v) is 4.43. The van der Waals surface area contributed by atoms with Crippen molar-refractivity contribution in [2.24, 2.45) is 5.92 Å². The van der Waals surface area contributed by atoms with E-state index in [1.807, 2.05) is 30.3 Å². The Morgan fingerprint density at radius 2 is 1.79 bits per heavy atom. The predicted octanol–water partition coefficient (Wildman–Crippen LogP) is 5.32. The van der Waals surface area contributed by atoms with Crippen LogP contribution in [0.25, 0.3) is 0 Å². The van der Waals surface area contributed by atoms with Crippen molar-refractivity contribution in [1.29, 1.82) is 0 Å². The van der Waals surface area contributed by atoms with Gasteiger partial charge in [-0.3, -0.25) is 9.69 Å². The van der Waals surface area contributed by atoms with Crippen molar-refractivity contribution in [2.45, 2.75) is 83.7 Å². The molecule has 0 heterocycles. The molecule has 1 saturated carbocycles. The molecular weight excluding hydrogens is 358 g/mol. The topological polar surface area (TPSA) is 40.5 Å². The zero-order chi connectivity index (χ0) is 21.0. The van der Waals surface area contributed by atoms with E-state index in [0.29, 0.717) is 12.8 Å². The van der Waals surface area contributed by atoms with Gasteiger partial charge in [0, 0.05) is 12.8 Å². The fraction of sp³-hybridized carbons (Fsp3) is 0.654. The summed E-state index contributed by atoms with van der Waals surface area (Å²) in [6.45, 7) is 7.34. The molecule has 3 nitrogen and oxygen atoms in total. The van der Waals surface area contributed by atoms with Gasteiger partial charge in [-0.25, -0.2) is 0 Å². The van der Waals surface area contributed by atoms with Crippen molar-refractivity contribution in [3.05, 3.63) is 35.9 Å². The molecule has 1 unspecified atom stereocenters. The van der Waals surface area contributed by atoms with E-state index in [4.69, 9.17) is 0 Å². The molecule has 0 amide bonds. The van der Waals surface area contributed by atoms with Gasteiger partial charge in [-0.05, 0) is 50.3 Å². The van der Waals surface area contributed by atoms with Gasteiger partial charge in [0.25, 0.3) is 0 Å². The van der Waals surface area contributed by atoms with Crippen LogP contribution in [0.15, 0.2) is 30.3 Å². The molecule has 0 bridgehead atoms. The van der Waals surface area contributed by atoms with Gasteiger partial charge in [0.05, 0.1) is 6.54 Å². The van der Waals surface area contributed by atoms with Crippen LogP contribution in [0.3, 0.4) is 0 Å². The quantitative estimate of drug-likeness (QED) is 0.514. The molecule has 1 atom stereocenters. The first-order valence-corrected chi connectivity index (χ1v) is 11.6. The molecule has 1 aliphatic rings. The Hall–Kier alpha value is -1.63. The van der Waals surface area contributed by atoms with E-state index >= 15 is 0 Å². The van der Waals surface area contributed by atoms with Crippen molar-refractivity contribution in [1.82, 2.24) is 4.90 Å². The van der Waals surface area contributed by atoms with E-state index < -0.39 is 5.60 Å². The minimum Gasteiger partial charge on any atom is -0.377 e. The molecule has 1 aromatic carbocycles. The highest BCUT2D eigenvalue weighted by Crippen LogP contribution is 2.40. The lowest BCUT2D eigenvalue weighted by molar-refractivity contribution is -0.146. The van der Waals surface area contributed by atoms with E-state index in [9.17, 15) is 9.90 Å². The van der Waals surface area contributed by atoms with Crippen molar-refractivity contribution in [2.75, 3.05) is 19.6 Å². The molecule has 0 radical (unpaired) electrons. The third-order valence-corrected chi connectivity index (χ3v) is 6.11. The van der Waals surface area contributed by atoms with Gasteiger partial charge in [0.15, 0.2) is 11.4 Å². The summed E-state index contributed by atoms with van der Waals surface area (Å²) >= 11 is 0. The first kappa shape index (κ1) is 23.6. The molecule has 160 valence electrons. The van der Waals surface area contributed by atoms with Crippen molar-refractivity contribution < 1.29 is 9.90 Å². The molecule has 1 N–H and O–H groups in total. The van der Waals surface area contributed by atoms with Gasteiger partial charge in [-0.15, -0.1) is 5.92 Å². The van der Waals surface area contributed by atoms with Gasteiger partial charge in [0.1, 0.15) is 0 Å². The molecule has 1 aromatic rings. The zero-order valence-corrected chi connectivity index (χ0v) is 18.5. The Kier molecular flexibility index (Phi) is 10.5. The van der Waals surface area contributed by atoms with E-state index in [1.165, 1.54) is 19.3 Å². The number of ketones is 1. The highest BCUT2D eigenvalue weighted by molar-refractivity contribution is 5.88. The molecule has 0 spiro atoms. The second-order valence-electron chi connectivity index (χ2n) is 8.37. The molecule has 1 aliphatic carbocycles. The number of benzene rings is 1. The van der Waals surface area contributed by atoms with Crippen LogP contribution >= 0.6 is 0 Å². The maximum absolute atomic E-state index is 13.2. The predicted molar refractivity (Wildman–Crippen MR) is 121 cm³/mol. The molecule has 0 aromatic heterocycles. The molecule has 1 fully saturated rings. The Balaban J connectivity index is 1.98. The van der Waals surface area contributed by atoms with Crippen molar-refractivity contribution >= 4 is 5.78 Å². The van der Waals surface area contributed by atoms with E-state index in [2.05, 4.69) is 30.6 Å². The largest absolute Gasteiger partial charge is 0.377 e. The Labute approximate surface area is 177 Å². The van der Waals surface area contributed by atoms with Gasteiger partial charge in [-0.1, -0.05) is 75.8 Å². The summed E-state index contributed by atoms with van der Waals surface area (Å²) in [5.41, 5.74) is -0.614. The standard InChI is InChI=1S/C26H39NO2/c1-3-5-21-27(20-4-2)22-14-8-13-19-25(28)26(29,23-15-9-6-10-16-23)24-17-11-7-12-18-24/h6,9-10,15-16,24,29H,3-5,7,11-13,17-22H2,1-2H3. The lowest BCUT2D eigenvalue weighted by Crippen LogP contribution is -2.44. The second kappa shape index (κ2) is 12.8. The van der Waals surface area contributed by atoms with Crippen LogP contribution in [-0.4, -0.2) is 35.4 Å². The summed E-state index contributed by atoms with van der Waals surface area (Å²) in [7, 11) is 0.